The third-order valence-corrected chi connectivity index (χ3v) is 11.8. The number of alkyl carbamates (subject to hydrolysis) is 1. The van der Waals surface area contributed by atoms with Gasteiger partial charge in [-0.3, -0.25) is 9.78 Å². The zero-order chi connectivity index (χ0) is 27.1. The highest BCUT2D eigenvalue weighted by atomic mass is 32.1. The summed E-state index contributed by atoms with van der Waals surface area (Å²) in [6, 6.07) is 9.37. The van der Waals surface area contributed by atoms with Crippen LogP contribution in [0.4, 0.5) is 4.79 Å². The molecule has 2 N–H and O–H groups in total. The van der Waals surface area contributed by atoms with Gasteiger partial charge < -0.3 is 19.6 Å². The average molecular weight is 535 g/mol. The van der Waals surface area contributed by atoms with Crippen molar-refractivity contribution in [2.24, 2.45) is 5.92 Å². The normalized spacial score (nSPS) is 15.1. The molecule has 0 saturated carbocycles. The van der Waals surface area contributed by atoms with Gasteiger partial charge in [-0.15, -0.1) is 11.3 Å². The first-order valence-corrected chi connectivity index (χ1v) is 16.2. The highest BCUT2D eigenvalue weighted by molar-refractivity contribution is 7.09. The van der Waals surface area contributed by atoms with Crippen molar-refractivity contribution in [2.45, 2.75) is 96.7 Å². The molecule has 0 spiro atoms. The maximum Gasteiger partial charge on any atom is 0.407 e. The van der Waals surface area contributed by atoms with E-state index in [0.717, 1.165) is 10.4 Å². The minimum absolute atomic E-state index is 0.0924. The average Bonchev–Trinajstić information content (AvgIpc) is 3.23. The van der Waals surface area contributed by atoms with Gasteiger partial charge >= 0.3 is 12.1 Å². The zero-order valence-corrected chi connectivity index (χ0v) is 24.6. The Balaban J connectivity index is 2.44. The minimum Gasteiger partial charge on any atom is -0.481 e. The fraction of sp³-hybridized carbons (Fsp3) is 0.593. The minimum atomic E-state index is -2.32. The summed E-state index contributed by atoms with van der Waals surface area (Å²) in [5.74, 6) is -1.57. The Morgan fingerprint density at radius 3 is 2.22 bits per heavy atom. The number of thiazole rings is 1. The largest absolute Gasteiger partial charge is 0.481 e. The maximum atomic E-state index is 12.9. The molecule has 0 saturated heterocycles. The van der Waals surface area contributed by atoms with Crippen LogP contribution < -0.4 is 5.32 Å². The van der Waals surface area contributed by atoms with Gasteiger partial charge in [0, 0.05) is 11.1 Å². The zero-order valence-electron chi connectivity index (χ0n) is 22.8. The molecule has 200 valence electrons. The molecule has 1 amide bonds. The number of ether oxygens (including phenoxy) is 1. The Bertz CT molecular complexity index is 968. The summed E-state index contributed by atoms with van der Waals surface area (Å²) in [5.41, 5.74) is 2.07. The fourth-order valence-electron chi connectivity index (χ4n) is 3.59. The molecule has 2 aromatic rings. The Labute approximate surface area is 220 Å². The number of nitrogens with one attached hydrogen (secondary N) is 1. The maximum absolute atomic E-state index is 12.9. The van der Waals surface area contributed by atoms with Crippen LogP contribution >= 0.6 is 11.3 Å². The summed E-state index contributed by atoms with van der Waals surface area (Å²) in [6.07, 6.45) is 1.76. The molecule has 1 aromatic carbocycles. The van der Waals surface area contributed by atoms with Crippen molar-refractivity contribution < 1.29 is 23.9 Å². The SMILES string of the molecule is CC(C)(C)OC(=O)N[C@@H](Cc1ccccc1)[C@H](CC(Cc1cncs1)C(=O)O)O[Si](C)(C)C(C)(C)C. The van der Waals surface area contributed by atoms with E-state index in [1.807, 2.05) is 51.1 Å². The number of rotatable bonds is 11. The van der Waals surface area contributed by atoms with Crippen molar-refractivity contribution in [3.05, 3.63) is 52.5 Å². The van der Waals surface area contributed by atoms with Crippen molar-refractivity contribution in [3.63, 3.8) is 0 Å². The highest BCUT2D eigenvalue weighted by Gasteiger charge is 2.42. The van der Waals surface area contributed by atoms with Gasteiger partial charge in [-0.25, -0.2) is 4.79 Å². The molecular weight excluding hydrogens is 492 g/mol. The lowest BCUT2D eigenvalue weighted by molar-refractivity contribution is -0.142. The Morgan fingerprint density at radius 1 is 1.08 bits per heavy atom. The summed E-state index contributed by atoms with van der Waals surface area (Å²) in [7, 11) is -2.32. The first-order chi connectivity index (χ1) is 16.6. The molecule has 7 nitrogen and oxygen atoms in total. The van der Waals surface area contributed by atoms with Crippen LogP contribution in [-0.2, 0) is 26.8 Å². The van der Waals surface area contributed by atoms with E-state index in [1.165, 1.54) is 11.3 Å². The van der Waals surface area contributed by atoms with Crippen molar-refractivity contribution >= 4 is 31.7 Å². The molecule has 0 aliphatic carbocycles. The Hall–Kier alpha value is -2.23. The van der Waals surface area contributed by atoms with Gasteiger partial charge in [0.05, 0.1) is 23.6 Å². The van der Waals surface area contributed by atoms with E-state index >= 15 is 0 Å². The Kier molecular flexibility index (Phi) is 10.3. The predicted octanol–water partition coefficient (Wildman–Crippen LogP) is 6.30. The number of nitrogens with zero attached hydrogens (tertiary/aromatic N) is 1. The number of carboxylic acids is 1. The molecule has 0 aliphatic rings. The summed E-state index contributed by atoms with van der Waals surface area (Å²) >= 11 is 1.44. The van der Waals surface area contributed by atoms with Gasteiger partial charge in [-0.2, -0.15) is 0 Å². The summed E-state index contributed by atoms with van der Waals surface area (Å²) in [5, 5.41) is 13.1. The number of carbonyl (C=O) groups is 2. The second-order valence-corrected chi connectivity index (χ2v) is 17.5. The van der Waals surface area contributed by atoms with Crippen molar-refractivity contribution in [2.75, 3.05) is 0 Å². The number of carbonyl (C=O) groups excluding carboxylic acids is 1. The van der Waals surface area contributed by atoms with Crippen LogP contribution in [0.15, 0.2) is 42.0 Å². The molecule has 0 aliphatic heterocycles. The number of amides is 1. The first-order valence-electron chi connectivity index (χ1n) is 12.4. The van der Waals surface area contributed by atoms with Crippen LogP contribution in [0, 0.1) is 5.92 Å². The van der Waals surface area contributed by atoms with E-state index in [4.69, 9.17) is 9.16 Å². The van der Waals surface area contributed by atoms with Crippen molar-refractivity contribution in [3.8, 4) is 0 Å². The number of carboxylic acid groups (broad SMARTS) is 1. The van der Waals surface area contributed by atoms with E-state index in [9.17, 15) is 14.7 Å². The molecule has 2 rings (SSSR count). The van der Waals surface area contributed by atoms with Crippen molar-refractivity contribution in [1.82, 2.24) is 10.3 Å². The number of benzene rings is 1. The van der Waals surface area contributed by atoms with Gasteiger partial charge in [0.1, 0.15) is 5.60 Å². The lowest BCUT2D eigenvalue weighted by atomic mass is 9.91. The third kappa shape index (κ3) is 9.67. The van der Waals surface area contributed by atoms with E-state index in [0.29, 0.717) is 12.8 Å². The van der Waals surface area contributed by atoms with E-state index in [-0.39, 0.29) is 11.5 Å². The quantitative estimate of drug-likeness (QED) is 0.328. The summed E-state index contributed by atoms with van der Waals surface area (Å²) < 4.78 is 12.4. The van der Waals surface area contributed by atoms with E-state index in [1.54, 1.807) is 11.7 Å². The van der Waals surface area contributed by atoms with E-state index in [2.05, 4.69) is 44.2 Å². The van der Waals surface area contributed by atoms with Gasteiger partial charge in [-0.1, -0.05) is 51.1 Å². The van der Waals surface area contributed by atoms with Crippen LogP contribution in [0.3, 0.4) is 0 Å². The molecule has 1 heterocycles. The molecule has 1 aromatic heterocycles. The molecule has 1 unspecified atom stereocenters. The van der Waals surface area contributed by atoms with Gasteiger partial charge in [-0.05, 0) is 63.7 Å². The molecular formula is C27H42N2O5SSi. The van der Waals surface area contributed by atoms with Crippen LogP contribution in [0.2, 0.25) is 18.1 Å². The van der Waals surface area contributed by atoms with Crippen LogP contribution in [0.5, 0.6) is 0 Å². The standard InChI is InChI=1S/C27H42N2O5SSi/c1-26(2,3)33-25(32)29-22(14-19-12-10-9-11-13-19)23(34-36(7,8)27(4,5)6)16-20(24(30)31)15-21-17-28-18-35-21/h9-13,17-18,20,22-23H,14-16H2,1-8H3,(H,29,32)(H,30,31)/t20?,22-,23-/m0/s1. The molecule has 9 heteroatoms. The van der Waals surface area contributed by atoms with Gasteiger partial charge in [0.2, 0.25) is 0 Å². The first kappa shape index (κ1) is 30.0. The number of aromatic nitrogens is 1. The second-order valence-electron chi connectivity index (χ2n) is 11.8. The van der Waals surface area contributed by atoms with E-state index < -0.39 is 44.0 Å². The van der Waals surface area contributed by atoms with Crippen LogP contribution in [-0.4, -0.2) is 48.2 Å². The smallest absolute Gasteiger partial charge is 0.407 e. The van der Waals surface area contributed by atoms with Gasteiger partial charge in [0.15, 0.2) is 8.32 Å². The lowest BCUT2D eigenvalue weighted by Gasteiger charge is -2.42. The van der Waals surface area contributed by atoms with Gasteiger partial charge in [0.25, 0.3) is 0 Å². The molecule has 0 bridgehead atoms. The topological polar surface area (TPSA) is 97.8 Å². The number of hydrogen-bond acceptors (Lipinski definition) is 6. The molecule has 3 atom stereocenters. The highest BCUT2D eigenvalue weighted by Crippen LogP contribution is 2.39. The summed E-state index contributed by atoms with van der Waals surface area (Å²) in [4.78, 5) is 30.3. The number of hydrogen-bond donors (Lipinski definition) is 2. The van der Waals surface area contributed by atoms with Crippen molar-refractivity contribution in [1.29, 1.82) is 0 Å². The monoisotopic (exact) mass is 534 g/mol. The predicted molar refractivity (Wildman–Crippen MR) is 147 cm³/mol. The number of aliphatic carboxylic acids is 1. The van der Waals surface area contributed by atoms with Crippen LogP contribution in [0.25, 0.3) is 0 Å². The molecule has 0 fully saturated rings. The lowest BCUT2D eigenvalue weighted by Crippen LogP contribution is -2.54. The molecule has 36 heavy (non-hydrogen) atoms. The van der Waals surface area contributed by atoms with Crippen LogP contribution in [0.1, 0.15) is 58.4 Å². The third-order valence-electron chi connectivity index (χ3n) is 6.50. The molecule has 0 radical (unpaired) electrons. The second kappa shape index (κ2) is 12.3. The fourth-order valence-corrected chi connectivity index (χ4v) is 5.64. The Morgan fingerprint density at radius 2 is 1.72 bits per heavy atom. The summed E-state index contributed by atoms with van der Waals surface area (Å²) in [6.45, 7) is 16.2.